The first kappa shape index (κ1) is 20.6. The minimum Gasteiger partial charge on any atom is -0.346 e. The Bertz CT molecular complexity index is 843. The lowest BCUT2D eigenvalue weighted by Gasteiger charge is -2.36. The molecule has 0 amide bonds. The van der Waals surface area contributed by atoms with Gasteiger partial charge in [-0.1, -0.05) is 30.3 Å². The molecule has 7 heteroatoms. The molecule has 2 aromatic rings. The van der Waals surface area contributed by atoms with Crippen LogP contribution in [0.15, 0.2) is 42.5 Å². The van der Waals surface area contributed by atoms with Gasteiger partial charge in [0.05, 0.1) is 5.56 Å². The van der Waals surface area contributed by atoms with Crippen LogP contribution >= 0.6 is 12.2 Å². The van der Waals surface area contributed by atoms with E-state index in [4.69, 9.17) is 12.2 Å². The van der Waals surface area contributed by atoms with Crippen LogP contribution in [-0.2, 0) is 12.7 Å². The van der Waals surface area contributed by atoms with Crippen molar-refractivity contribution in [2.24, 2.45) is 0 Å². The van der Waals surface area contributed by atoms with Gasteiger partial charge in [-0.2, -0.15) is 13.2 Å². The summed E-state index contributed by atoms with van der Waals surface area (Å²) in [6.07, 6.45) is -4.31. The highest BCUT2D eigenvalue weighted by molar-refractivity contribution is 7.80. The summed E-state index contributed by atoms with van der Waals surface area (Å²) >= 11 is 5.56. The number of nitrogens with one attached hydrogen (secondary N) is 1. The highest BCUT2D eigenvalue weighted by Crippen LogP contribution is 2.29. The van der Waals surface area contributed by atoms with Crippen molar-refractivity contribution >= 4 is 23.0 Å². The minimum atomic E-state index is -4.31. The van der Waals surface area contributed by atoms with Crippen molar-refractivity contribution in [2.75, 3.05) is 31.5 Å². The fraction of sp³-hybridized carbons (Fsp3) is 0.381. The van der Waals surface area contributed by atoms with Gasteiger partial charge < -0.3 is 10.2 Å². The van der Waals surface area contributed by atoms with Crippen molar-refractivity contribution < 1.29 is 13.2 Å². The van der Waals surface area contributed by atoms with Gasteiger partial charge in [0, 0.05) is 38.4 Å². The third kappa shape index (κ3) is 5.23. The molecule has 0 radical (unpaired) electrons. The van der Waals surface area contributed by atoms with Crippen molar-refractivity contribution in [1.29, 1.82) is 0 Å². The standard InChI is InChI=1S/C21H24F3N3S/c1-15-6-7-16(2)19(12-15)25-20(28)27-10-8-26(9-11-27)14-17-4-3-5-18(13-17)21(22,23)24/h3-7,12-13H,8-11,14H2,1-2H3,(H,25,28). The zero-order chi connectivity index (χ0) is 20.3. The monoisotopic (exact) mass is 407 g/mol. The molecule has 0 bridgehead atoms. The maximum Gasteiger partial charge on any atom is 0.416 e. The Kier molecular flexibility index (Phi) is 6.25. The lowest BCUT2D eigenvalue weighted by atomic mass is 10.1. The van der Waals surface area contributed by atoms with Gasteiger partial charge in [-0.15, -0.1) is 0 Å². The lowest BCUT2D eigenvalue weighted by Crippen LogP contribution is -2.49. The van der Waals surface area contributed by atoms with Gasteiger partial charge in [0.2, 0.25) is 0 Å². The first-order chi connectivity index (χ1) is 13.2. The SMILES string of the molecule is Cc1ccc(C)c(NC(=S)N2CCN(Cc3cccc(C(F)(F)F)c3)CC2)c1. The van der Waals surface area contributed by atoms with Gasteiger partial charge in [0.1, 0.15) is 0 Å². The number of anilines is 1. The number of nitrogens with zero attached hydrogens (tertiary/aromatic N) is 2. The van der Waals surface area contributed by atoms with E-state index in [1.807, 2.05) is 13.8 Å². The molecule has 0 aromatic heterocycles. The van der Waals surface area contributed by atoms with E-state index in [-0.39, 0.29) is 0 Å². The second-order valence-corrected chi connectivity index (χ2v) is 7.60. The predicted molar refractivity (Wildman–Crippen MR) is 110 cm³/mol. The van der Waals surface area contributed by atoms with Gasteiger partial charge in [-0.3, -0.25) is 4.90 Å². The van der Waals surface area contributed by atoms with E-state index in [1.54, 1.807) is 6.07 Å². The zero-order valence-electron chi connectivity index (χ0n) is 16.0. The van der Waals surface area contributed by atoms with Crippen LogP contribution in [0.2, 0.25) is 0 Å². The molecule has 150 valence electrons. The number of thiocarbonyl (C=S) groups is 1. The summed E-state index contributed by atoms with van der Waals surface area (Å²) < 4.78 is 38.6. The van der Waals surface area contributed by atoms with Crippen LogP contribution in [0.1, 0.15) is 22.3 Å². The highest BCUT2D eigenvalue weighted by Gasteiger charge is 2.30. The summed E-state index contributed by atoms with van der Waals surface area (Å²) in [6, 6.07) is 11.8. The summed E-state index contributed by atoms with van der Waals surface area (Å²) in [6.45, 7) is 7.59. The summed E-state index contributed by atoms with van der Waals surface area (Å²) in [5.41, 5.74) is 3.40. The molecule has 1 saturated heterocycles. The van der Waals surface area contributed by atoms with Crippen LogP contribution in [0.5, 0.6) is 0 Å². The molecule has 3 nitrogen and oxygen atoms in total. The van der Waals surface area contributed by atoms with Gasteiger partial charge in [-0.05, 0) is 54.9 Å². The van der Waals surface area contributed by atoms with Crippen LogP contribution in [0.4, 0.5) is 18.9 Å². The number of benzene rings is 2. The molecule has 2 aromatic carbocycles. The Morgan fingerprint density at radius 2 is 1.75 bits per heavy atom. The summed E-state index contributed by atoms with van der Waals surface area (Å²) in [7, 11) is 0. The lowest BCUT2D eigenvalue weighted by molar-refractivity contribution is -0.137. The van der Waals surface area contributed by atoms with Crippen molar-refractivity contribution in [3.63, 3.8) is 0 Å². The molecule has 3 rings (SSSR count). The Hall–Kier alpha value is -2.12. The molecule has 1 heterocycles. The highest BCUT2D eigenvalue weighted by atomic mass is 32.1. The second-order valence-electron chi connectivity index (χ2n) is 7.21. The van der Waals surface area contributed by atoms with Gasteiger partial charge >= 0.3 is 6.18 Å². The summed E-state index contributed by atoms with van der Waals surface area (Å²) in [5.74, 6) is 0. The summed E-state index contributed by atoms with van der Waals surface area (Å²) in [5, 5.41) is 4.01. The van der Waals surface area contributed by atoms with E-state index in [0.29, 0.717) is 17.2 Å². The molecule has 0 saturated carbocycles. The van der Waals surface area contributed by atoms with E-state index in [2.05, 4.69) is 33.3 Å². The Morgan fingerprint density at radius 1 is 1.04 bits per heavy atom. The quantitative estimate of drug-likeness (QED) is 0.734. The van der Waals surface area contributed by atoms with Crippen LogP contribution in [0.25, 0.3) is 0 Å². The molecule has 0 aliphatic carbocycles. The number of hydrogen-bond acceptors (Lipinski definition) is 2. The summed E-state index contributed by atoms with van der Waals surface area (Å²) in [4.78, 5) is 4.27. The molecular weight excluding hydrogens is 383 g/mol. The number of rotatable bonds is 3. The average molecular weight is 408 g/mol. The largest absolute Gasteiger partial charge is 0.416 e. The number of alkyl halides is 3. The minimum absolute atomic E-state index is 0.509. The topological polar surface area (TPSA) is 18.5 Å². The van der Waals surface area contributed by atoms with Gasteiger partial charge in [0.15, 0.2) is 5.11 Å². The molecule has 1 aliphatic rings. The predicted octanol–water partition coefficient (Wildman–Crippen LogP) is 4.84. The van der Waals surface area contributed by atoms with Crippen LogP contribution in [-0.4, -0.2) is 41.1 Å². The molecule has 1 aliphatic heterocycles. The van der Waals surface area contributed by atoms with E-state index < -0.39 is 11.7 Å². The third-order valence-corrected chi connectivity index (χ3v) is 5.31. The molecular formula is C21H24F3N3S. The number of aryl methyl sites for hydroxylation is 2. The zero-order valence-corrected chi connectivity index (χ0v) is 16.8. The van der Waals surface area contributed by atoms with Crippen LogP contribution < -0.4 is 5.32 Å². The molecule has 1 fully saturated rings. The third-order valence-electron chi connectivity index (χ3n) is 4.95. The maximum atomic E-state index is 12.9. The molecule has 28 heavy (non-hydrogen) atoms. The van der Waals surface area contributed by atoms with Crippen molar-refractivity contribution in [1.82, 2.24) is 9.80 Å². The van der Waals surface area contributed by atoms with E-state index in [1.165, 1.54) is 17.7 Å². The average Bonchev–Trinajstić information content (AvgIpc) is 2.65. The van der Waals surface area contributed by atoms with Crippen LogP contribution in [0.3, 0.4) is 0 Å². The molecule has 1 N–H and O–H groups in total. The van der Waals surface area contributed by atoms with E-state index in [0.717, 1.165) is 43.5 Å². The Labute approximate surface area is 169 Å². The first-order valence-corrected chi connectivity index (χ1v) is 9.65. The van der Waals surface area contributed by atoms with Crippen LogP contribution in [0, 0.1) is 13.8 Å². The van der Waals surface area contributed by atoms with E-state index >= 15 is 0 Å². The van der Waals surface area contributed by atoms with E-state index in [9.17, 15) is 13.2 Å². The fourth-order valence-electron chi connectivity index (χ4n) is 3.28. The molecule has 0 atom stereocenters. The number of piperazine rings is 1. The number of halogens is 3. The number of hydrogen-bond donors (Lipinski definition) is 1. The molecule has 0 spiro atoms. The van der Waals surface area contributed by atoms with Gasteiger partial charge in [0.25, 0.3) is 0 Å². The Balaban J connectivity index is 1.54. The fourth-order valence-corrected chi connectivity index (χ4v) is 3.57. The maximum absolute atomic E-state index is 12.9. The van der Waals surface area contributed by atoms with Crippen molar-refractivity contribution in [3.05, 3.63) is 64.7 Å². The smallest absolute Gasteiger partial charge is 0.346 e. The Morgan fingerprint density at radius 3 is 2.43 bits per heavy atom. The molecule has 0 unspecified atom stereocenters. The first-order valence-electron chi connectivity index (χ1n) is 9.24. The van der Waals surface area contributed by atoms with Crippen molar-refractivity contribution in [2.45, 2.75) is 26.6 Å². The normalized spacial score (nSPS) is 15.5. The van der Waals surface area contributed by atoms with Gasteiger partial charge in [-0.25, -0.2) is 0 Å². The van der Waals surface area contributed by atoms with Crippen molar-refractivity contribution in [3.8, 4) is 0 Å². The second kappa shape index (κ2) is 8.49.